The first-order valence-electron chi connectivity index (χ1n) is 7.93. The highest BCUT2D eigenvalue weighted by Crippen LogP contribution is 2.63. The summed E-state index contributed by atoms with van der Waals surface area (Å²) in [6.45, 7) is 11.1. The van der Waals surface area contributed by atoms with Crippen molar-refractivity contribution in [3.05, 3.63) is 22.9 Å². The van der Waals surface area contributed by atoms with E-state index in [0.717, 1.165) is 23.0 Å². The lowest BCUT2D eigenvalue weighted by molar-refractivity contribution is 0.155. The van der Waals surface area contributed by atoms with Crippen molar-refractivity contribution < 1.29 is 0 Å². The Kier molecular flexibility index (Phi) is 3.06. The Labute approximate surface area is 127 Å². The third-order valence-corrected chi connectivity index (χ3v) is 6.01. The third kappa shape index (κ3) is 2.04. The van der Waals surface area contributed by atoms with Gasteiger partial charge >= 0.3 is 0 Å². The largest absolute Gasteiger partial charge is 0.365 e. The van der Waals surface area contributed by atoms with E-state index in [9.17, 15) is 5.26 Å². The van der Waals surface area contributed by atoms with E-state index in [0.29, 0.717) is 17.0 Å². The van der Waals surface area contributed by atoms with E-state index in [2.05, 4.69) is 37.1 Å². The van der Waals surface area contributed by atoms with Gasteiger partial charge in [-0.1, -0.05) is 20.8 Å². The zero-order valence-electron chi connectivity index (χ0n) is 13.7. The Morgan fingerprint density at radius 2 is 2.05 bits per heavy atom. The minimum atomic E-state index is 0.263. The summed E-state index contributed by atoms with van der Waals surface area (Å²) < 4.78 is 0. The lowest BCUT2D eigenvalue weighted by atomic mass is 9.68. The van der Waals surface area contributed by atoms with Gasteiger partial charge in [0.15, 0.2) is 0 Å². The van der Waals surface area contributed by atoms with Crippen LogP contribution in [0.2, 0.25) is 0 Å². The van der Waals surface area contributed by atoms with Gasteiger partial charge in [-0.2, -0.15) is 5.26 Å². The molecule has 2 bridgehead atoms. The fourth-order valence-electron chi connectivity index (χ4n) is 4.88. The maximum absolute atomic E-state index is 9.46. The van der Waals surface area contributed by atoms with Crippen molar-refractivity contribution in [2.24, 2.45) is 16.7 Å². The molecular weight excluding hydrogens is 258 g/mol. The standard InChI is InChI=1S/C18H25N3/c1-11-8-12(2)20-15(14(11)10-19)21-16-17(3,4)13-6-7-18(16,5)9-13/h8,13,16H,6-7,9H2,1-5H3,(H,20,21). The van der Waals surface area contributed by atoms with Crippen LogP contribution in [0.15, 0.2) is 6.07 Å². The van der Waals surface area contributed by atoms with Crippen LogP contribution in [0.5, 0.6) is 0 Å². The number of hydrogen-bond acceptors (Lipinski definition) is 3. The highest BCUT2D eigenvalue weighted by Gasteiger charge is 2.59. The molecule has 0 aliphatic heterocycles. The quantitative estimate of drug-likeness (QED) is 0.885. The van der Waals surface area contributed by atoms with Crippen LogP contribution < -0.4 is 5.32 Å². The first-order chi connectivity index (χ1) is 9.78. The van der Waals surface area contributed by atoms with Gasteiger partial charge in [-0.05, 0) is 61.5 Å². The van der Waals surface area contributed by atoms with Crippen LogP contribution in [-0.2, 0) is 0 Å². The van der Waals surface area contributed by atoms with Gasteiger partial charge in [0.05, 0.1) is 5.56 Å². The Morgan fingerprint density at radius 3 is 2.62 bits per heavy atom. The van der Waals surface area contributed by atoms with Gasteiger partial charge in [0.25, 0.3) is 0 Å². The topological polar surface area (TPSA) is 48.7 Å². The maximum atomic E-state index is 9.46. The third-order valence-electron chi connectivity index (χ3n) is 6.01. The Hall–Kier alpha value is -1.56. The molecule has 3 heteroatoms. The molecule has 1 N–H and O–H groups in total. The van der Waals surface area contributed by atoms with Crippen LogP contribution in [0.1, 0.15) is 56.9 Å². The fraction of sp³-hybridized carbons (Fsp3) is 0.667. The number of nitrogens with one attached hydrogen (secondary N) is 1. The molecule has 2 aliphatic carbocycles. The van der Waals surface area contributed by atoms with E-state index in [1.807, 2.05) is 19.9 Å². The predicted molar refractivity (Wildman–Crippen MR) is 85.1 cm³/mol. The number of hydrogen-bond donors (Lipinski definition) is 1. The molecule has 0 radical (unpaired) electrons. The summed E-state index contributed by atoms with van der Waals surface area (Å²) in [5.74, 6) is 1.57. The second-order valence-electron chi connectivity index (χ2n) is 7.91. The molecule has 2 aliphatic rings. The normalized spacial score (nSPS) is 33.0. The number of nitrogens with zero attached hydrogens (tertiary/aromatic N) is 2. The highest BCUT2D eigenvalue weighted by molar-refractivity contribution is 5.57. The average Bonchev–Trinajstić information content (AvgIpc) is 2.85. The molecule has 1 aromatic heterocycles. The van der Waals surface area contributed by atoms with Crippen LogP contribution in [0.4, 0.5) is 5.82 Å². The first kappa shape index (κ1) is 14.4. The van der Waals surface area contributed by atoms with Gasteiger partial charge in [0.1, 0.15) is 11.9 Å². The minimum absolute atomic E-state index is 0.263. The van der Waals surface area contributed by atoms with Crippen molar-refractivity contribution in [1.29, 1.82) is 5.26 Å². The molecule has 3 atom stereocenters. The lowest BCUT2D eigenvalue weighted by Gasteiger charge is -2.43. The van der Waals surface area contributed by atoms with Gasteiger partial charge in [-0.3, -0.25) is 0 Å². The van der Waals surface area contributed by atoms with Crippen molar-refractivity contribution >= 4 is 5.82 Å². The molecule has 0 spiro atoms. The maximum Gasteiger partial charge on any atom is 0.144 e. The lowest BCUT2D eigenvalue weighted by Crippen LogP contribution is -2.46. The van der Waals surface area contributed by atoms with Crippen molar-refractivity contribution in [1.82, 2.24) is 4.98 Å². The molecule has 3 nitrogen and oxygen atoms in total. The zero-order chi connectivity index (χ0) is 15.4. The van der Waals surface area contributed by atoms with Gasteiger partial charge in [-0.25, -0.2) is 4.98 Å². The molecule has 3 unspecified atom stereocenters. The molecule has 3 rings (SSSR count). The Morgan fingerprint density at radius 1 is 1.33 bits per heavy atom. The van der Waals surface area contributed by atoms with Crippen LogP contribution in [0, 0.1) is 41.9 Å². The van der Waals surface area contributed by atoms with Crippen molar-refractivity contribution in [3.63, 3.8) is 0 Å². The molecule has 2 saturated carbocycles. The van der Waals surface area contributed by atoms with Crippen LogP contribution in [0.25, 0.3) is 0 Å². The van der Waals surface area contributed by atoms with E-state index in [1.54, 1.807) is 0 Å². The summed E-state index contributed by atoms with van der Waals surface area (Å²) in [5.41, 5.74) is 3.28. The Bertz CT molecular complexity index is 621. The molecular formula is C18H25N3. The van der Waals surface area contributed by atoms with Crippen molar-refractivity contribution in [2.45, 2.75) is 59.9 Å². The number of pyridine rings is 1. The number of anilines is 1. The molecule has 0 aromatic carbocycles. The van der Waals surface area contributed by atoms with E-state index < -0.39 is 0 Å². The summed E-state index contributed by atoms with van der Waals surface area (Å²) in [4.78, 5) is 4.61. The summed E-state index contributed by atoms with van der Waals surface area (Å²) >= 11 is 0. The number of rotatable bonds is 2. The van der Waals surface area contributed by atoms with Crippen LogP contribution in [-0.4, -0.2) is 11.0 Å². The number of fused-ring (bicyclic) bond motifs is 2. The Balaban J connectivity index is 2.00. The summed E-state index contributed by atoms with van der Waals surface area (Å²) in [6.07, 6.45) is 3.92. The molecule has 112 valence electrons. The second kappa shape index (κ2) is 4.47. The van der Waals surface area contributed by atoms with Gasteiger partial charge in [0, 0.05) is 11.7 Å². The molecule has 1 heterocycles. The minimum Gasteiger partial charge on any atom is -0.365 e. The zero-order valence-corrected chi connectivity index (χ0v) is 13.7. The van der Waals surface area contributed by atoms with E-state index in [-0.39, 0.29) is 5.41 Å². The molecule has 1 aromatic rings. The van der Waals surface area contributed by atoms with Crippen LogP contribution >= 0.6 is 0 Å². The molecule has 2 fully saturated rings. The number of aromatic nitrogens is 1. The molecule has 21 heavy (non-hydrogen) atoms. The average molecular weight is 283 g/mol. The highest BCUT2D eigenvalue weighted by atomic mass is 15.1. The second-order valence-corrected chi connectivity index (χ2v) is 7.91. The van der Waals surface area contributed by atoms with Gasteiger partial charge in [-0.15, -0.1) is 0 Å². The SMILES string of the molecule is Cc1cc(C)c(C#N)c(NC2C3(C)CCC(C3)C2(C)C)n1. The number of nitriles is 1. The van der Waals surface area contributed by atoms with Gasteiger partial charge < -0.3 is 5.32 Å². The van der Waals surface area contributed by atoms with Crippen molar-refractivity contribution in [3.8, 4) is 6.07 Å². The summed E-state index contributed by atoms with van der Waals surface area (Å²) in [5, 5.41) is 13.1. The van der Waals surface area contributed by atoms with E-state index >= 15 is 0 Å². The molecule has 0 saturated heterocycles. The predicted octanol–water partition coefficient (Wildman–Crippen LogP) is 4.20. The monoisotopic (exact) mass is 283 g/mol. The summed E-state index contributed by atoms with van der Waals surface area (Å²) in [7, 11) is 0. The fourth-order valence-corrected chi connectivity index (χ4v) is 4.88. The van der Waals surface area contributed by atoms with E-state index in [4.69, 9.17) is 0 Å². The smallest absolute Gasteiger partial charge is 0.144 e. The van der Waals surface area contributed by atoms with Crippen molar-refractivity contribution in [2.75, 3.05) is 5.32 Å². The van der Waals surface area contributed by atoms with E-state index in [1.165, 1.54) is 19.3 Å². The summed E-state index contributed by atoms with van der Waals surface area (Å²) in [6, 6.07) is 4.70. The number of aryl methyl sites for hydroxylation is 2. The first-order valence-corrected chi connectivity index (χ1v) is 7.93. The van der Waals surface area contributed by atoms with Crippen LogP contribution in [0.3, 0.4) is 0 Å². The van der Waals surface area contributed by atoms with Gasteiger partial charge in [0.2, 0.25) is 0 Å². The molecule has 0 amide bonds.